The van der Waals surface area contributed by atoms with Crippen molar-refractivity contribution in [3.05, 3.63) is 6.42 Å². The van der Waals surface area contributed by atoms with Crippen LogP contribution in [0.25, 0.3) is 0 Å². The highest BCUT2D eigenvalue weighted by Crippen LogP contribution is 1.76. The van der Waals surface area contributed by atoms with Gasteiger partial charge in [0.15, 0.2) is 0 Å². The molecule has 0 atom stereocenters. The smallest absolute Gasteiger partial charge is 0.113 e. The summed E-state index contributed by atoms with van der Waals surface area (Å²) in [6.45, 7) is 0. The molecule has 28 valence electrons. The molecule has 0 aliphatic rings. The predicted octanol–water partition coefficient (Wildman–Crippen LogP) is 0.505. The molecule has 6 heavy (non-hydrogen) atoms. The van der Waals surface area contributed by atoms with Crippen LogP contribution in [0.2, 0.25) is 0 Å². The van der Waals surface area contributed by atoms with Gasteiger partial charge in [0.05, 0.1) is 18.6 Å². The molecule has 0 heterocycles. The van der Waals surface area contributed by atoms with E-state index in [0.717, 1.165) is 0 Å². The standard InChI is InChI=1S/C4H2N2/c5-3-1-2-4-6/h1H2. The Morgan fingerprint density at radius 3 is 2.17 bits per heavy atom. The van der Waals surface area contributed by atoms with E-state index in [4.69, 9.17) is 10.5 Å². The molecular formula is C4H2N2. The van der Waals surface area contributed by atoms with Gasteiger partial charge in [-0.15, -0.1) is 0 Å². The van der Waals surface area contributed by atoms with Gasteiger partial charge in [0.1, 0.15) is 6.42 Å². The van der Waals surface area contributed by atoms with Crippen molar-refractivity contribution in [2.45, 2.75) is 6.42 Å². The monoisotopic (exact) mass is 78.0 g/mol. The van der Waals surface area contributed by atoms with Crippen molar-refractivity contribution in [3.63, 3.8) is 0 Å². The molecule has 0 saturated carbocycles. The van der Waals surface area contributed by atoms with Crippen LogP contribution in [0.5, 0.6) is 0 Å². The molecule has 0 aliphatic carbocycles. The van der Waals surface area contributed by atoms with Crippen LogP contribution < -0.4 is 0 Å². The molecule has 0 fully saturated rings. The van der Waals surface area contributed by atoms with Gasteiger partial charge in [-0.1, -0.05) is 0 Å². The molecule has 2 heteroatoms. The molecule has 0 unspecified atom stereocenters. The summed E-state index contributed by atoms with van der Waals surface area (Å²) in [5, 5.41) is 15.4. The van der Waals surface area contributed by atoms with Crippen LogP contribution in [0.3, 0.4) is 0 Å². The molecule has 0 aromatic carbocycles. The first-order valence-electron chi connectivity index (χ1n) is 1.40. The van der Waals surface area contributed by atoms with Crippen LogP contribution in [-0.2, 0) is 0 Å². The van der Waals surface area contributed by atoms with E-state index in [1.165, 1.54) is 0 Å². The van der Waals surface area contributed by atoms with Gasteiger partial charge in [-0.25, -0.2) is 0 Å². The Morgan fingerprint density at radius 1 is 1.33 bits per heavy atom. The SMILES string of the molecule is N#C[C]CC#N. The average Bonchev–Trinajstić information content (AvgIpc) is 1.61. The fourth-order valence-electron chi connectivity index (χ4n) is 0.0791. The number of nitrogens with zero attached hydrogens (tertiary/aromatic N) is 2. The predicted molar refractivity (Wildman–Crippen MR) is 19.1 cm³/mol. The van der Waals surface area contributed by atoms with Crippen molar-refractivity contribution in [2.24, 2.45) is 0 Å². The van der Waals surface area contributed by atoms with Crippen LogP contribution in [0.4, 0.5) is 0 Å². The second-order valence-electron chi connectivity index (χ2n) is 0.623. The largest absolute Gasteiger partial charge is 0.198 e. The van der Waals surface area contributed by atoms with Gasteiger partial charge in [0.2, 0.25) is 0 Å². The van der Waals surface area contributed by atoms with Crippen LogP contribution in [0.1, 0.15) is 6.42 Å². The fraction of sp³-hybridized carbons (Fsp3) is 0.250. The summed E-state index contributed by atoms with van der Waals surface area (Å²) in [6, 6.07) is 3.33. The van der Waals surface area contributed by atoms with Crippen molar-refractivity contribution in [2.75, 3.05) is 0 Å². The first-order chi connectivity index (χ1) is 2.91. The van der Waals surface area contributed by atoms with Gasteiger partial charge in [-0.3, -0.25) is 0 Å². The Morgan fingerprint density at radius 2 is 2.00 bits per heavy atom. The maximum atomic E-state index is 7.73. The molecule has 0 N–H and O–H groups in total. The maximum Gasteiger partial charge on any atom is 0.113 e. The molecule has 0 rings (SSSR count). The number of hydrogen-bond donors (Lipinski definition) is 0. The summed E-state index contributed by atoms with van der Waals surface area (Å²) in [6.07, 6.45) is 2.25. The zero-order valence-electron chi connectivity index (χ0n) is 3.10. The molecular weight excluding hydrogens is 76.1 g/mol. The average molecular weight is 78.1 g/mol. The molecule has 0 spiro atoms. The Kier molecular flexibility index (Phi) is 3.30. The Hall–Kier alpha value is -1.02. The number of unbranched alkanes of at least 4 members (excludes halogenated alkanes) is 1. The van der Waals surface area contributed by atoms with E-state index in [2.05, 4.69) is 6.42 Å². The summed E-state index contributed by atoms with van der Waals surface area (Å²) in [7, 11) is 0. The van der Waals surface area contributed by atoms with Gasteiger partial charge in [-0.05, 0) is 0 Å². The minimum Gasteiger partial charge on any atom is -0.198 e. The summed E-state index contributed by atoms with van der Waals surface area (Å²) < 4.78 is 0. The summed E-state index contributed by atoms with van der Waals surface area (Å²) in [4.78, 5) is 0. The van der Waals surface area contributed by atoms with Crippen molar-refractivity contribution < 1.29 is 0 Å². The highest BCUT2D eigenvalue weighted by molar-refractivity contribution is 4.97. The lowest BCUT2D eigenvalue weighted by Crippen LogP contribution is -1.60. The van der Waals surface area contributed by atoms with E-state index >= 15 is 0 Å². The van der Waals surface area contributed by atoms with Crippen LogP contribution in [-0.4, -0.2) is 0 Å². The molecule has 2 radical (unpaired) electrons. The van der Waals surface area contributed by atoms with Crippen molar-refractivity contribution >= 4 is 0 Å². The molecule has 0 aromatic rings. The van der Waals surface area contributed by atoms with Gasteiger partial charge in [0.25, 0.3) is 0 Å². The molecule has 0 bridgehead atoms. The van der Waals surface area contributed by atoms with Crippen molar-refractivity contribution in [1.29, 1.82) is 10.5 Å². The fourth-order valence-corrected chi connectivity index (χ4v) is 0.0791. The lowest BCUT2D eigenvalue weighted by Gasteiger charge is -1.61. The van der Waals surface area contributed by atoms with Gasteiger partial charge < -0.3 is 0 Å². The molecule has 0 saturated heterocycles. The summed E-state index contributed by atoms with van der Waals surface area (Å²) in [5.74, 6) is 0. The van der Waals surface area contributed by atoms with Crippen molar-refractivity contribution in [3.8, 4) is 12.1 Å². The van der Waals surface area contributed by atoms with Crippen LogP contribution in [0.15, 0.2) is 0 Å². The summed E-state index contributed by atoms with van der Waals surface area (Å²) >= 11 is 0. The maximum absolute atomic E-state index is 7.73. The minimum atomic E-state index is 0.108. The second-order valence-corrected chi connectivity index (χ2v) is 0.623. The first kappa shape index (κ1) is 4.98. The van der Waals surface area contributed by atoms with E-state index in [0.29, 0.717) is 0 Å². The lowest BCUT2D eigenvalue weighted by molar-refractivity contribution is 1.27. The zero-order valence-corrected chi connectivity index (χ0v) is 3.10. The van der Waals surface area contributed by atoms with Crippen molar-refractivity contribution in [1.82, 2.24) is 0 Å². The third kappa shape index (κ3) is 2.98. The Bertz CT molecular complexity index is 79.1. The molecule has 0 aromatic heterocycles. The molecule has 2 nitrogen and oxygen atoms in total. The van der Waals surface area contributed by atoms with E-state index in [9.17, 15) is 0 Å². The summed E-state index contributed by atoms with van der Waals surface area (Å²) in [5.41, 5.74) is 0. The topological polar surface area (TPSA) is 47.6 Å². The van der Waals surface area contributed by atoms with Gasteiger partial charge in [-0.2, -0.15) is 10.5 Å². The van der Waals surface area contributed by atoms with E-state index in [1.807, 2.05) is 0 Å². The highest BCUT2D eigenvalue weighted by Gasteiger charge is 1.75. The van der Waals surface area contributed by atoms with E-state index < -0.39 is 0 Å². The zero-order chi connectivity index (χ0) is 4.83. The van der Waals surface area contributed by atoms with E-state index in [1.54, 1.807) is 12.1 Å². The van der Waals surface area contributed by atoms with Gasteiger partial charge >= 0.3 is 0 Å². The first-order valence-corrected chi connectivity index (χ1v) is 1.40. The highest BCUT2D eigenvalue weighted by atomic mass is 14.2. The number of hydrogen-bond acceptors (Lipinski definition) is 2. The minimum absolute atomic E-state index is 0.108. The van der Waals surface area contributed by atoms with Crippen LogP contribution in [0, 0.1) is 29.1 Å². The Labute approximate surface area is 36.6 Å². The lowest BCUT2D eigenvalue weighted by atomic mass is 10.4. The Balaban J connectivity index is 2.78. The third-order valence-corrected chi connectivity index (χ3v) is 0.247. The number of nitriles is 2. The van der Waals surface area contributed by atoms with Gasteiger partial charge in [0, 0.05) is 0 Å². The van der Waals surface area contributed by atoms with E-state index in [-0.39, 0.29) is 6.42 Å². The second kappa shape index (κ2) is 3.98. The molecule has 0 aliphatic heterocycles. The van der Waals surface area contributed by atoms with Crippen LogP contribution >= 0.6 is 0 Å². The number of rotatable bonds is 1. The molecule has 0 amide bonds. The quantitative estimate of drug-likeness (QED) is 0.429. The normalized spacial score (nSPS) is 5.67. The third-order valence-electron chi connectivity index (χ3n) is 0.247.